The van der Waals surface area contributed by atoms with Crippen LogP contribution >= 0.6 is 11.6 Å². The largest absolute Gasteiger partial charge is 0.469 e. The van der Waals surface area contributed by atoms with Gasteiger partial charge in [-0.15, -0.1) is 0 Å². The first-order valence-electron chi connectivity index (χ1n) is 5.06. The Morgan fingerprint density at radius 2 is 2.38 bits per heavy atom. The molecule has 0 bridgehead atoms. The van der Waals surface area contributed by atoms with Crippen LogP contribution in [0.2, 0.25) is 5.02 Å². The molecule has 1 N–H and O–H groups in total. The van der Waals surface area contributed by atoms with Crippen LogP contribution in [0.5, 0.6) is 0 Å². The maximum Gasteiger partial charge on any atom is 0.125 e. The third-order valence-corrected chi connectivity index (χ3v) is 2.88. The van der Waals surface area contributed by atoms with Crippen molar-refractivity contribution in [3.05, 3.63) is 40.6 Å². The van der Waals surface area contributed by atoms with Crippen molar-refractivity contribution in [1.29, 1.82) is 0 Å². The Hall–Kier alpha value is -1.26. The van der Waals surface area contributed by atoms with Gasteiger partial charge in [0.05, 0.1) is 23.2 Å². The Bertz CT molecular complexity index is 470. The number of rotatable bonds is 3. The average molecular weight is 241 g/mol. The molecule has 1 atom stereocenters. The molecule has 0 radical (unpaired) electrons. The number of aliphatic hydroxyl groups is 1. The van der Waals surface area contributed by atoms with E-state index in [1.807, 2.05) is 6.92 Å². The summed E-state index contributed by atoms with van der Waals surface area (Å²) in [5.74, 6) is 0.768. The van der Waals surface area contributed by atoms with Crippen molar-refractivity contribution in [2.45, 2.75) is 19.4 Å². The second-order valence-corrected chi connectivity index (χ2v) is 3.96. The molecular formula is C11H13ClN2O2. The lowest BCUT2D eigenvalue weighted by Crippen LogP contribution is -2.08. The molecule has 2 heterocycles. The summed E-state index contributed by atoms with van der Waals surface area (Å²) in [6, 6.07) is 1.76. The molecule has 86 valence electrons. The second-order valence-electron chi connectivity index (χ2n) is 3.56. The minimum Gasteiger partial charge on any atom is -0.469 e. The van der Waals surface area contributed by atoms with E-state index in [1.54, 1.807) is 24.1 Å². The highest BCUT2D eigenvalue weighted by Crippen LogP contribution is 2.30. The monoisotopic (exact) mass is 240 g/mol. The first-order chi connectivity index (χ1) is 7.65. The van der Waals surface area contributed by atoms with Gasteiger partial charge in [0, 0.05) is 19.0 Å². The molecule has 0 aliphatic carbocycles. The smallest absolute Gasteiger partial charge is 0.125 e. The number of hydrogen-bond acceptors (Lipinski definition) is 3. The van der Waals surface area contributed by atoms with Crippen LogP contribution < -0.4 is 0 Å². The minimum absolute atomic E-state index is 0.457. The van der Waals surface area contributed by atoms with E-state index < -0.39 is 6.10 Å². The molecule has 2 rings (SSSR count). The third-order valence-electron chi connectivity index (χ3n) is 2.59. The Morgan fingerprint density at radius 3 is 2.94 bits per heavy atom. The van der Waals surface area contributed by atoms with E-state index in [0.29, 0.717) is 10.7 Å². The Labute approximate surface area is 98.4 Å². The molecule has 0 aliphatic heterocycles. The number of nitrogens with zero attached hydrogens (tertiary/aromatic N) is 2. The zero-order chi connectivity index (χ0) is 11.7. The average Bonchev–Trinajstić information content (AvgIpc) is 2.85. The zero-order valence-corrected chi connectivity index (χ0v) is 9.90. The lowest BCUT2D eigenvalue weighted by molar-refractivity contribution is 0.207. The van der Waals surface area contributed by atoms with Crippen LogP contribution in [0.3, 0.4) is 0 Å². The molecule has 2 aromatic heterocycles. The fourth-order valence-corrected chi connectivity index (χ4v) is 2.03. The molecule has 0 saturated heterocycles. The van der Waals surface area contributed by atoms with Gasteiger partial charge < -0.3 is 9.52 Å². The number of aliphatic hydroxyl groups excluding tert-OH is 1. The van der Waals surface area contributed by atoms with Gasteiger partial charge in [-0.05, 0) is 6.07 Å². The molecule has 0 aliphatic rings. The van der Waals surface area contributed by atoms with Crippen LogP contribution in [0.25, 0.3) is 0 Å². The van der Waals surface area contributed by atoms with Crippen LogP contribution in [-0.4, -0.2) is 14.9 Å². The lowest BCUT2D eigenvalue weighted by atomic mass is 10.1. The number of aromatic nitrogens is 2. The van der Waals surface area contributed by atoms with Crippen LogP contribution in [-0.2, 0) is 13.5 Å². The van der Waals surface area contributed by atoms with Gasteiger partial charge in [0.1, 0.15) is 11.9 Å². The highest BCUT2D eigenvalue weighted by atomic mass is 35.5. The van der Waals surface area contributed by atoms with Gasteiger partial charge in [0.25, 0.3) is 0 Å². The van der Waals surface area contributed by atoms with E-state index in [1.165, 1.54) is 6.20 Å². The van der Waals surface area contributed by atoms with Gasteiger partial charge in [0.2, 0.25) is 0 Å². The summed E-state index contributed by atoms with van der Waals surface area (Å²) in [6.07, 6.45) is 3.02. The van der Waals surface area contributed by atoms with Crippen LogP contribution in [0, 0.1) is 0 Å². The molecule has 0 amide bonds. The summed E-state index contributed by atoms with van der Waals surface area (Å²) in [5.41, 5.74) is 1.32. The lowest BCUT2D eigenvalue weighted by Gasteiger charge is -2.11. The molecule has 0 aromatic carbocycles. The van der Waals surface area contributed by atoms with Gasteiger partial charge in [-0.1, -0.05) is 18.5 Å². The van der Waals surface area contributed by atoms with Crippen molar-refractivity contribution in [3.63, 3.8) is 0 Å². The number of hydrogen-bond donors (Lipinski definition) is 1. The first kappa shape index (κ1) is 11.2. The summed E-state index contributed by atoms with van der Waals surface area (Å²) >= 11 is 5.98. The fourth-order valence-electron chi connectivity index (χ4n) is 1.76. The van der Waals surface area contributed by atoms with E-state index in [9.17, 15) is 5.11 Å². The highest BCUT2D eigenvalue weighted by Gasteiger charge is 2.22. The van der Waals surface area contributed by atoms with E-state index in [4.69, 9.17) is 16.0 Å². The van der Waals surface area contributed by atoms with Crippen molar-refractivity contribution >= 4 is 11.6 Å². The number of furan rings is 1. The second kappa shape index (κ2) is 4.31. The van der Waals surface area contributed by atoms with Crippen LogP contribution in [0.1, 0.15) is 30.0 Å². The van der Waals surface area contributed by atoms with Gasteiger partial charge in [0.15, 0.2) is 0 Å². The number of halogens is 1. The maximum atomic E-state index is 10.2. The van der Waals surface area contributed by atoms with E-state index in [-0.39, 0.29) is 0 Å². The van der Waals surface area contributed by atoms with Crippen molar-refractivity contribution in [1.82, 2.24) is 9.78 Å². The highest BCUT2D eigenvalue weighted by molar-refractivity contribution is 6.31. The van der Waals surface area contributed by atoms with E-state index in [0.717, 1.165) is 17.7 Å². The first-order valence-corrected chi connectivity index (χ1v) is 5.44. The Morgan fingerprint density at radius 1 is 1.62 bits per heavy atom. The summed E-state index contributed by atoms with van der Waals surface area (Å²) in [7, 11) is 1.75. The molecule has 0 spiro atoms. The molecule has 1 unspecified atom stereocenters. The molecule has 16 heavy (non-hydrogen) atoms. The molecule has 4 nitrogen and oxygen atoms in total. The van der Waals surface area contributed by atoms with Crippen molar-refractivity contribution in [2.75, 3.05) is 0 Å². The molecule has 0 fully saturated rings. The summed E-state index contributed by atoms with van der Waals surface area (Å²) in [5, 5.41) is 14.7. The zero-order valence-electron chi connectivity index (χ0n) is 9.14. The minimum atomic E-state index is -0.798. The van der Waals surface area contributed by atoms with Crippen molar-refractivity contribution in [2.24, 2.45) is 7.05 Å². The summed E-state index contributed by atoms with van der Waals surface area (Å²) in [4.78, 5) is 0. The molecular weight excluding hydrogens is 228 g/mol. The van der Waals surface area contributed by atoms with Crippen molar-refractivity contribution in [3.8, 4) is 0 Å². The predicted octanol–water partition coefficient (Wildman–Crippen LogP) is 2.31. The normalized spacial score (nSPS) is 13.0. The SMILES string of the molecule is CCc1occc1C(O)c1c(Cl)cnn1C. The van der Waals surface area contributed by atoms with E-state index >= 15 is 0 Å². The fraction of sp³-hybridized carbons (Fsp3) is 0.364. The van der Waals surface area contributed by atoms with Gasteiger partial charge >= 0.3 is 0 Å². The Kier molecular flexibility index (Phi) is 3.03. The van der Waals surface area contributed by atoms with E-state index in [2.05, 4.69) is 5.10 Å². The van der Waals surface area contributed by atoms with Gasteiger partial charge in [-0.25, -0.2) is 0 Å². The summed E-state index contributed by atoms with van der Waals surface area (Å²) in [6.45, 7) is 1.97. The molecule has 0 saturated carbocycles. The maximum absolute atomic E-state index is 10.2. The van der Waals surface area contributed by atoms with Crippen molar-refractivity contribution < 1.29 is 9.52 Å². The molecule has 5 heteroatoms. The molecule has 2 aromatic rings. The van der Waals surface area contributed by atoms with Gasteiger partial charge in [-0.3, -0.25) is 4.68 Å². The Balaban J connectivity index is 2.43. The quantitative estimate of drug-likeness (QED) is 0.896. The third kappa shape index (κ3) is 1.74. The van der Waals surface area contributed by atoms with Crippen LogP contribution in [0.4, 0.5) is 0 Å². The number of aryl methyl sites for hydroxylation is 2. The topological polar surface area (TPSA) is 51.2 Å². The van der Waals surface area contributed by atoms with Gasteiger partial charge in [-0.2, -0.15) is 5.10 Å². The van der Waals surface area contributed by atoms with Crippen LogP contribution in [0.15, 0.2) is 22.9 Å². The predicted molar refractivity (Wildman–Crippen MR) is 60.4 cm³/mol. The standard InChI is InChI=1S/C11H13ClN2O2/c1-3-9-7(4-5-16-9)11(15)10-8(12)6-13-14(10)2/h4-6,11,15H,3H2,1-2H3. The summed E-state index contributed by atoms with van der Waals surface area (Å²) < 4.78 is 6.85.